The SMILES string of the molecule is Cl.Cn1cnc(S(=O)(=O)NCCOc2ccc3c(c2)C(Cc2cc(F)cc(Cl)c2)C(N)CC3)c1. The van der Waals surface area contributed by atoms with Crippen LogP contribution in [0.1, 0.15) is 29.0 Å². The van der Waals surface area contributed by atoms with Gasteiger partial charge in [-0.15, -0.1) is 12.4 Å². The van der Waals surface area contributed by atoms with E-state index >= 15 is 0 Å². The van der Waals surface area contributed by atoms with E-state index in [1.807, 2.05) is 18.2 Å². The van der Waals surface area contributed by atoms with Gasteiger partial charge in [0, 0.05) is 36.8 Å². The van der Waals surface area contributed by atoms with Crippen molar-refractivity contribution in [1.29, 1.82) is 0 Å². The third kappa shape index (κ3) is 6.28. The molecule has 2 aromatic carbocycles. The zero-order valence-electron chi connectivity index (χ0n) is 18.6. The van der Waals surface area contributed by atoms with Crippen LogP contribution in [0, 0.1) is 5.82 Å². The first-order valence-corrected chi connectivity index (χ1v) is 12.5. The first-order chi connectivity index (χ1) is 15.7. The van der Waals surface area contributed by atoms with Gasteiger partial charge in [-0.25, -0.2) is 22.5 Å². The Morgan fingerprint density at radius 1 is 1.29 bits per heavy atom. The van der Waals surface area contributed by atoms with E-state index in [1.54, 1.807) is 17.7 Å². The van der Waals surface area contributed by atoms with E-state index in [2.05, 4.69) is 9.71 Å². The Labute approximate surface area is 209 Å². The lowest BCUT2D eigenvalue weighted by Crippen LogP contribution is -2.34. The van der Waals surface area contributed by atoms with Crippen molar-refractivity contribution in [1.82, 2.24) is 14.3 Å². The van der Waals surface area contributed by atoms with Gasteiger partial charge in [-0.05, 0) is 66.3 Å². The van der Waals surface area contributed by atoms with Crippen LogP contribution in [0.5, 0.6) is 5.75 Å². The zero-order valence-corrected chi connectivity index (χ0v) is 21.0. The van der Waals surface area contributed by atoms with Crippen molar-refractivity contribution in [2.45, 2.75) is 36.2 Å². The summed E-state index contributed by atoms with van der Waals surface area (Å²) in [5.41, 5.74) is 9.49. The molecule has 0 spiro atoms. The third-order valence-electron chi connectivity index (χ3n) is 5.78. The molecule has 0 amide bonds. The molecule has 34 heavy (non-hydrogen) atoms. The van der Waals surface area contributed by atoms with E-state index in [4.69, 9.17) is 22.1 Å². The predicted molar refractivity (Wildman–Crippen MR) is 132 cm³/mol. The molecule has 0 fully saturated rings. The third-order valence-corrected chi connectivity index (χ3v) is 7.34. The second-order valence-electron chi connectivity index (χ2n) is 8.28. The van der Waals surface area contributed by atoms with Crippen molar-refractivity contribution in [3.05, 3.63) is 76.5 Å². The topological polar surface area (TPSA) is 99.2 Å². The number of benzene rings is 2. The van der Waals surface area contributed by atoms with E-state index < -0.39 is 10.0 Å². The number of aryl methyl sites for hydroxylation is 2. The smallest absolute Gasteiger partial charge is 0.259 e. The molecule has 1 aromatic heterocycles. The number of nitrogens with two attached hydrogens (primary N) is 1. The van der Waals surface area contributed by atoms with Gasteiger partial charge in [0.25, 0.3) is 10.0 Å². The molecule has 3 N–H and O–H groups in total. The predicted octanol–water partition coefficient (Wildman–Crippen LogP) is 3.59. The number of fused-ring (bicyclic) bond motifs is 1. The molecular formula is C23H27Cl2FN4O3S. The number of nitrogens with zero attached hydrogens (tertiary/aromatic N) is 2. The van der Waals surface area contributed by atoms with Crippen molar-refractivity contribution in [2.24, 2.45) is 12.8 Å². The molecule has 0 radical (unpaired) electrons. The summed E-state index contributed by atoms with van der Waals surface area (Å²) in [6.07, 6.45) is 5.13. The Kier molecular flexibility index (Phi) is 8.59. The summed E-state index contributed by atoms with van der Waals surface area (Å²) in [4.78, 5) is 3.86. The Morgan fingerprint density at radius 2 is 2.09 bits per heavy atom. The molecule has 7 nitrogen and oxygen atoms in total. The van der Waals surface area contributed by atoms with Crippen LogP contribution in [-0.4, -0.2) is 37.2 Å². The number of rotatable bonds is 8. The molecule has 11 heteroatoms. The Bertz CT molecular complexity index is 1230. The minimum absolute atomic E-state index is 0. The van der Waals surface area contributed by atoms with Gasteiger partial charge in [0.2, 0.25) is 0 Å². The molecule has 1 heterocycles. The van der Waals surface area contributed by atoms with Crippen molar-refractivity contribution in [3.63, 3.8) is 0 Å². The maximum Gasteiger partial charge on any atom is 0.259 e. The standard InChI is InChI=1S/C23H26ClFN4O3S.ClH/c1-29-13-23(27-14-29)33(30,31)28-6-7-32-19-4-2-16-3-5-22(26)21(20(16)12-19)10-15-8-17(24)11-18(25)9-15;/h2,4,8-9,11-14,21-22,28H,3,5-7,10,26H2,1H3;1H. The van der Waals surface area contributed by atoms with Gasteiger partial charge in [0.15, 0.2) is 5.03 Å². The van der Waals surface area contributed by atoms with Crippen molar-refractivity contribution in [2.75, 3.05) is 13.2 Å². The maximum atomic E-state index is 13.8. The number of ether oxygens (including phenoxy) is 1. The van der Waals surface area contributed by atoms with Crippen LogP contribution < -0.4 is 15.2 Å². The van der Waals surface area contributed by atoms with E-state index in [-0.39, 0.29) is 48.4 Å². The molecule has 184 valence electrons. The summed E-state index contributed by atoms with van der Waals surface area (Å²) in [6, 6.07) is 10.3. The summed E-state index contributed by atoms with van der Waals surface area (Å²) in [5.74, 6) is 0.257. The average Bonchev–Trinajstić information content (AvgIpc) is 3.20. The van der Waals surface area contributed by atoms with E-state index in [0.717, 1.165) is 24.0 Å². The first-order valence-electron chi connectivity index (χ1n) is 10.6. The quantitative estimate of drug-likeness (QED) is 0.435. The molecule has 2 unspecified atom stereocenters. The summed E-state index contributed by atoms with van der Waals surface area (Å²) < 4.78 is 48.2. The summed E-state index contributed by atoms with van der Waals surface area (Å²) in [6.45, 7) is 0.252. The van der Waals surface area contributed by atoms with Crippen molar-refractivity contribution in [3.8, 4) is 5.75 Å². The van der Waals surface area contributed by atoms with Crippen molar-refractivity contribution < 1.29 is 17.5 Å². The highest BCUT2D eigenvalue weighted by atomic mass is 35.5. The Morgan fingerprint density at radius 3 is 2.79 bits per heavy atom. The highest BCUT2D eigenvalue weighted by molar-refractivity contribution is 7.89. The maximum absolute atomic E-state index is 13.8. The number of hydrogen-bond acceptors (Lipinski definition) is 5. The van der Waals surface area contributed by atoms with Crippen LogP contribution in [0.15, 0.2) is 53.9 Å². The van der Waals surface area contributed by atoms with Crippen LogP contribution in [0.25, 0.3) is 0 Å². The van der Waals surface area contributed by atoms with Crippen LogP contribution in [0.4, 0.5) is 4.39 Å². The largest absolute Gasteiger partial charge is 0.492 e. The molecule has 1 aliphatic rings. The fraction of sp³-hybridized carbons (Fsp3) is 0.348. The lowest BCUT2D eigenvalue weighted by molar-refractivity contribution is 0.321. The molecule has 0 bridgehead atoms. The van der Waals surface area contributed by atoms with Gasteiger partial charge < -0.3 is 15.0 Å². The van der Waals surface area contributed by atoms with Crippen molar-refractivity contribution >= 4 is 34.0 Å². The number of nitrogens with one attached hydrogen (secondary N) is 1. The molecule has 3 aromatic rings. The molecule has 0 aliphatic heterocycles. The molecule has 0 saturated carbocycles. The summed E-state index contributed by atoms with van der Waals surface area (Å²) in [7, 11) is -1.98. The van der Waals surface area contributed by atoms with Gasteiger partial charge in [-0.3, -0.25) is 0 Å². The lowest BCUT2D eigenvalue weighted by Gasteiger charge is -2.32. The number of hydrogen-bond donors (Lipinski definition) is 2. The van der Waals surface area contributed by atoms with Gasteiger partial charge in [0.05, 0.1) is 6.33 Å². The molecule has 2 atom stereocenters. The average molecular weight is 529 g/mol. The van der Waals surface area contributed by atoms with Crippen LogP contribution in [0.2, 0.25) is 5.02 Å². The number of imidazole rings is 1. The Hall–Kier alpha value is -2.17. The van der Waals surface area contributed by atoms with Crippen LogP contribution >= 0.6 is 24.0 Å². The normalized spacial score (nSPS) is 17.6. The second kappa shape index (κ2) is 11.0. The number of sulfonamides is 1. The molecule has 4 rings (SSSR count). The Balaban J connectivity index is 0.00000324. The summed E-state index contributed by atoms with van der Waals surface area (Å²) >= 11 is 6.03. The number of halogens is 3. The van der Waals surface area contributed by atoms with Gasteiger partial charge in [0.1, 0.15) is 18.2 Å². The van der Waals surface area contributed by atoms with Crippen LogP contribution in [0.3, 0.4) is 0 Å². The molecule has 1 aliphatic carbocycles. The summed E-state index contributed by atoms with van der Waals surface area (Å²) in [5, 5.41) is 0.327. The second-order valence-corrected chi connectivity index (χ2v) is 10.4. The zero-order chi connectivity index (χ0) is 23.6. The van der Waals surface area contributed by atoms with Crippen LogP contribution in [-0.2, 0) is 29.9 Å². The van der Waals surface area contributed by atoms with Gasteiger partial charge in [-0.2, -0.15) is 0 Å². The molecule has 0 saturated heterocycles. The minimum atomic E-state index is -3.69. The van der Waals surface area contributed by atoms with Gasteiger partial charge in [-0.1, -0.05) is 17.7 Å². The monoisotopic (exact) mass is 528 g/mol. The number of aromatic nitrogens is 2. The van der Waals surface area contributed by atoms with E-state index in [9.17, 15) is 12.8 Å². The van der Waals surface area contributed by atoms with Gasteiger partial charge >= 0.3 is 0 Å². The lowest BCUT2D eigenvalue weighted by atomic mass is 9.76. The fourth-order valence-electron chi connectivity index (χ4n) is 4.18. The van der Waals surface area contributed by atoms with E-state index in [0.29, 0.717) is 17.2 Å². The highest BCUT2D eigenvalue weighted by Gasteiger charge is 2.28. The van der Waals surface area contributed by atoms with E-state index in [1.165, 1.54) is 30.2 Å². The first kappa shape index (κ1) is 26.4. The molecular weight excluding hydrogens is 502 g/mol. The highest BCUT2D eigenvalue weighted by Crippen LogP contribution is 2.36. The fourth-order valence-corrected chi connectivity index (χ4v) is 5.42. The minimum Gasteiger partial charge on any atom is -0.492 e.